The summed E-state index contributed by atoms with van der Waals surface area (Å²) in [4.78, 5) is 19.4. The van der Waals surface area contributed by atoms with Gasteiger partial charge in [0.15, 0.2) is 0 Å². The third-order valence-electron chi connectivity index (χ3n) is 5.12. The molecule has 2 fully saturated rings. The molecule has 140 valence electrons. The van der Waals surface area contributed by atoms with Gasteiger partial charge >= 0.3 is 0 Å². The van der Waals surface area contributed by atoms with Gasteiger partial charge in [-0.05, 0) is 43.5 Å². The van der Waals surface area contributed by atoms with Crippen LogP contribution in [0.25, 0.3) is 0 Å². The number of nitrogens with zero attached hydrogens (tertiary/aromatic N) is 3. The fraction of sp³-hybridized carbons (Fsp3) is 0.474. The molecule has 1 aliphatic carbocycles. The third kappa shape index (κ3) is 3.71. The maximum atomic E-state index is 13.0. The number of benzene rings is 1. The number of piperazine rings is 1. The van der Waals surface area contributed by atoms with E-state index in [2.05, 4.69) is 10.3 Å². The van der Waals surface area contributed by atoms with E-state index in [1.54, 1.807) is 6.20 Å². The standard InChI is InChI=1S/C19H24N4O2.ClH/c1-22-11-10-21-18(22)17-13-20-9-12-23(17)19(24)14-5-7-16(8-6-14)25-15-3-2-4-15;/h5-8,10-11,15,17,20H,2-4,9,12-13H2,1H3;1H. The molecule has 4 rings (SSSR count). The average molecular weight is 377 g/mol. The number of carbonyl (C=O) groups excluding carboxylic acids is 1. The quantitative estimate of drug-likeness (QED) is 0.890. The molecule has 7 heteroatoms. The fourth-order valence-corrected chi connectivity index (χ4v) is 3.40. The Labute approximate surface area is 160 Å². The number of aromatic nitrogens is 2. The van der Waals surface area contributed by atoms with Gasteiger partial charge in [0.25, 0.3) is 5.91 Å². The van der Waals surface area contributed by atoms with Crippen LogP contribution in [0.1, 0.15) is 41.5 Å². The number of carbonyl (C=O) groups is 1. The second-order valence-corrected chi connectivity index (χ2v) is 6.81. The number of halogens is 1. The van der Waals surface area contributed by atoms with E-state index in [0.717, 1.165) is 37.5 Å². The Kier molecular flexibility index (Phi) is 5.84. The van der Waals surface area contributed by atoms with Crippen LogP contribution in [-0.2, 0) is 7.05 Å². The number of amides is 1. The Morgan fingerprint density at radius 1 is 1.27 bits per heavy atom. The highest BCUT2D eigenvalue weighted by atomic mass is 35.5. The third-order valence-corrected chi connectivity index (χ3v) is 5.12. The minimum Gasteiger partial charge on any atom is -0.490 e. The zero-order chi connectivity index (χ0) is 17.2. The first kappa shape index (κ1) is 18.7. The highest BCUT2D eigenvalue weighted by Crippen LogP contribution is 2.26. The number of hydrogen-bond donors (Lipinski definition) is 1. The van der Waals surface area contributed by atoms with Crippen molar-refractivity contribution in [1.82, 2.24) is 19.8 Å². The summed E-state index contributed by atoms with van der Waals surface area (Å²) in [5, 5.41) is 3.36. The van der Waals surface area contributed by atoms with Crippen LogP contribution in [0.5, 0.6) is 5.75 Å². The van der Waals surface area contributed by atoms with Gasteiger partial charge in [-0.1, -0.05) is 0 Å². The van der Waals surface area contributed by atoms with Crippen LogP contribution in [0.15, 0.2) is 36.7 Å². The highest BCUT2D eigenvalue weighted by Gasteiger charge is 2.31. The Morgan fingerprint density at radius 3 is 2.65 bits per heavy atom. The Hall–Kier alpha value is -2.05. The van der Waals surface area contributed by atoms with Gasteiger partial charge in [0.1, 0.15) is 17.6 Å². The number of imidazole rings is 1. The highest BCUT2D eigenvalue weighted by molar-refractivity contribution is 5.94. The minimum absolute atomic E-state index is 0. The van der Waals surface area contributed by atoms with E-state index in [-0.39, 0.29) is 24.4 Å². The largest absolute Gasteiger partial charge is 0.490 e. The van der Waals surface area contributed by atoms with Gasteiger partial charge < -0.3 is 19.5 Å². The van der Waals surface area contributed by atoms with Crippen molar-refractivity contribution in [3.8, 4) is 5.75 Å². The number of hydrogen-bond acceptors (Lipinski definition) is 4. The molecule has 1 unspecified atom stereocenters. The van der Waals surface area contributed by atoms with Crippen molar-refractivity contribution in [2.75, 3.05) is 19.6 Å². The molecule has 2 aromatic rings. The average Bonchev–Trinajstić information content (AvgIpc) is 3.04. The normalized spacial score (nSPS) is 20.2. The van der Waals surface area contributed by atoms with Gasteiger partial charge in [-0.2, -0.15) is 0 Å². The van der Waals surface area contributed by atoms with Gasteiger partial charge in [0, 0.05) is 44.6 Å². The molecule has 0 radical (unpaired) electrons. The molecular weight excluding hydrogens is 352 g/mol. The predicted octanol–water partition coefficient (Wildman–Crippen LogP) is 2.56. The number of nitrogens with one attached hydrogen (secondary N) is 1. The Bertz CT molecular complexity index is 742. The lowest BCUT2D eigenvalue weighted by Crippen LogP contribution is -2.49. The van der Waals surface area contributed by atoms with E-state index in [1.807, 2.05) is 47.0 Å². The topological polar surface area (TPSA) is 59.4 Å². The smallest absolute Gasteiger partial charge is 0.254 e. The summed E-state index contributed by atoms with van der Waals surface area (Å²) < 4.78 is 7.86. The summed E-state index contributed by atoms with van der Waals surface area (Å²) in [6.45, 7) is 2.20. The molecule has 1 aromatic heterocycles. The Balaban J connectivity index is 0.00000196. The molecule has 0 spiro atoms. The second-order valence-electron chi connectivity index (χ2n) is 6.81. The molecule has 1 atom stereocenters. The summed E-state index contributed by atoms with van der Waals surface area (Å²) >= 11 is 0. The predicted molar refractivity (Wildman–Crippen MR) is 102 cm³/mol. The molecule has 6 nitrogen and oxygen atoms in total. The number of ether oxygens (including phenoxy) is 1. The summed E-state index contributed by atoms with van der Waals surface area (Å²) in [6, 6.07) is 7.50. The molecule has 1 aromatic carbocycles. The van der Waals surface area contributed by atoms with Gasteiger partial charge in [-0.25, -0.2) is 4.98 Å². The summed E-state index contributed by atoms with van der Waals surface area (Å²) in [6.07, 6.45) is 7.55. The fourth-order valence-electron chi connectivity index (χ4n) is 3.40. The van der Waals surface area contributed by atoms with Gasteiger partial charge in [0.05, 0.1) is 6.10 Å². The molecule has 2 aliphatic rings. The first-order valence-corrected chi connectivity index (χ1v) is 8.98. The molecule has 1 aliphatic heterocycles. The van der Waals surface area contributed by atoms with E-state index >= 15 is 0 Å². The van der Waals surface area contributed by atoms with Crippen LogP contribution in [0.3, 0.4) is 0 Å². The number of rotatable bonds is 4. The van der Waals surface area contributed by atoms with Crippen molar-refractivity contribution in [1.29, 1.82) is 0 Å². The van der Waals surface area contributed by atoms with Crippen molar-refractivity contribution >= 4 is 18.3 Å². The van der Waals surface area contributed by atoms with Crippen LogP contribution in [0, 0.1) is 0 Å². The minimum atomic E-state index is -0.0489. The van der Waals surface area contributed by atoms with Gasteiger partial charge in [-0.15, -0.1) is 12.4 Å². The maximum Gasteiger partial charge on any atom is 0.254 e. The monoisotopic (exact) mass is 376 g/mol. The Morgan fingerprint density at radius 2 is 2.04 bits per heavy atom. The first-order valence-electron chi connectivity index (χ1n) is 8.98. The van der Waals surface area contributed by atoms with Gasteiger partial charge in [-0.3, -0.25) is 4.79 Å². The van der Waals surface area contributed by atoms with E-state index in [9.17, 15) is 4.79 Å². The molecule has 2 heterocycles. The molecule has 0 bridgehead atoms. The molecule has 1 saturated heterocycles. The summed E-state index contributed by atoms with van der Waals surface area (Å²) in [5.74, 6) is 1.80. The molecule has 1 amide bonds. The lowest BCUT2D eigenvalue weighted by atomic mass is 9.96. The molecule has 1 saturated carbocycles. The maximum absolute atomic E-state index is 13.0. The van der Waals surface area contributed by atoms with Crippen LogP contribution >= 0.6 is 12.4 Å². The molecule has 1 N–H and O–H groups in total. The second kappa shape index (κ2) is 8.10. The summed E-state index contributed by atoms with van der Waals surface area (Å²) in [5.41, 5.74) is 0.696. The van der Waals surface area contributed by atoms with E-state index in [4.69, 9.17) is 4.74 Å². The molecular formula is C19H25ClN4O2. The van der Waals surface area contributed by atoms with E-state index in [0.29, 0.717) is 18.2 Å². The summed E-state index contributed by atoms with van der Waals surface area (Å²) in [7, 11) is 1.96. The SMILES string of the molecule is Cl.Cn1ccnc1C1CNCCN1C(=O)c1ccc(OC2CCC2)cc1. The number of aryl methyl sites for hydroxylation is 1. The van der Waals surface area contributed by atoms with E-state index < -0.39 is 0 Å². The van der Waals surface area contributed by atoms with Crippen molar-refractivity contribution in [3.05, 3.63) is 48.0 Å². The lowest BCUT2D eigenvalue weighted by Gasteiger charge is -2.35. The zero-order valence-electron chi connectivity index (χ0n) is 14.9. The van der Waals surface area contributed by atoms with Crippen LogP contribution < -0.4 is 10.1 Å². The van der Waals surface area contributed by atoms with Gasteiger partial charge in [0.2, 0.25) is 0 Å². The van der Waals surface area contributed by atoms with E-state index in [1.165, 1.54) is 6.42 Å². The van der Waals surface area contributed by atoms with Crippen molar-refractivity contribution < 1.29 is 9.53 Å². The van der Waals surface area contributed by atoms with Crippen molar-refractivity contribution in [2.24, 2.45) is 7.05 Å². The lowest BCUT2D eigenvalue weighted by molar-refractivity contribution is 0.0620. The van der Waals surface area contributed by atoms with Crippen LogP contribution in [-0.4, -0.2) is 46.1 Å². The zero-order valence-corrected chi connectivity index (χ0v) is 15.7. The molecule has 26 heavy (non-hydrogen) atoms. The van der Waals surface area contributed by atoms with Crippen LogP contribution in [0.4, 0.5) is 0 Å². The van der Waals surface area contributed by atoms with Crippen molar-refractivity contribution in [3.63, 3.8) is 0 Å². The van der Waals surface area contributed by atoms with Crippen LogP contribution in [0.2, 0.25) is 0 Å². The van der Waals surface area contributed by atoms with Crippen molar-refractivity contribution in [2.45, 2.75) is 31.4 Å². The first-order chi connectivity index (χ1) is 12.2.